The molecule has 0 saturated heterocycles. The first-order chi connectivity index (χ1) is 7.04. The van der Waals surface area contributed by atoms with Crippen LogP contribution in [0.5, 0.6) is 0 Å². The fourth-order valence-electron chi connectivity index (χ4n) is 2.42. The number of rotatable bonds is 1. The third-order valence-corrected chi connectivity index (χ3v) is 3.22. The summed E-state index contributed by atoms with van der Waals surface area (Å²) in [7, 11) is 0. The van der Waals surface area contributed by atoms with E-state index in [1.165, 1.54) is 11.1 Å². The Balaban J connectivity index is 2.37. The minimum Gasteiger partial charge on any atom is -0.329 e. The SMILES string of the molecule is CC(C)(C)N1Cc2ccccc2C1CN. The molecule has 0 fully saturated rings. The van der Waals surface area contributed by atoms with Crippen LogP contribution >= 0.6 is 0 Å². The quantitative estimate of drug-likeness (QED) is 0.760. The number of hydrogen-bond donors (Lipinski definition) is 1. The highest BCUT2D eigenvalue weighted by Crippen LogP contribution is 2.37. The zero-order valence-electron chi connectivity index (χ0n) is 9.83. The van der Waals surface area contributed by atoms with Gasteiger partial charge in [0.05, 0.1) is 0 Å². The highest BCUT2D eigenvalue weighted by atomic mass is 15.2. The molecule has 0 spiro atoms. The highest BCUT2D eigenvalue weighted by Gasteiger charge is 2.35. The van der Waals surface area contributed by atoms with Crippen LogP contribution < -0.4 is 5.73 Å². The average molecular weight is 204 g/mol. The largest absolute Gasteiger partial charge is 0.329 e. The van der Waals surface area contributed by atoms with Crippen molar-refractivity contribution in [3.05, 3.63) is 35.4 Å². The van der Waals surface area contributed by atoms with Gasteiger partial charge in [-0.2, -0.15) is 0 Å². The molecule has 1 aliphatic heterocycles. The van der Waals surface area contributed by atoms with Gasteiger partial charge in [-0.3, -0.25) is 4.90 Å². The molecular weight excluding hydrogens is 184 g/mol. The van der Waals surface area contributed by atoms with Gasteiger partial charge in [-0.1, -0.05) is 24.3 Å². The van der Waals surface area contributed by atoms with Gasteiger partial charge in [0, 0.05) is 24.7 Å². The minimum atomic E-state index is 0.184. The van der Waals surface area contributed by atoms with Gasteiger partial charge < -0.3 is 5.73 Å². The summed E-state index contributed by atoms with van der Waals surface area (Å²) in [6.45, 7) is 8.49. The fraction of sp³-hybridized carbons (Fsp3) is 0.538. The second-order valence-electron chi connectivity index (χ2n) is 5.25. The zero-order valence-corrected chi connectivity index (χ0v) is 9.83. The summed E-state index contributed by atoms with van der Waals surface area (Å²) in [5.74, 6) is 0. The number of nitrogens with zero attached hydrogens (tertiary/aromatic N) is 1. The van der Waals surface area contributed by atoms with E-state index >= 15 is 0 Å². The van der Waals surface area contributed by atoms with Gasteiger partial charge in [-0.25, -0.2) is 0 Å². The lowest BCUT2D eigenvalue weighted by atomic mass is 10.0. The molecule has 82 valence electrons. The lowest BCUT2D eigenvalue weighted by molar-refractivity contribution is 0.0948. The lowest BCUT2D eigenvalue weighted by Crippen LogP contribution is -2.42. The summed E-state index contributed by atoms with van der Waals surface area (Å²) in [6.07, 6.45) is 0. The van der Waals surface area contributed by atoms with E-state index in [0.717, 1.165) is 6.54 Å². The molecule has 0 amide bonds. The Morgan fingerprint density at radius 2 is 2.00 bits per heavy atom. The van der Waals surface area contributed by atoms with E-state index in [-0.39, 0.29) is 5.54 Å². The second-order valence-corrected chi connectivity index (χ2v) is 5.25. The first kappa shape index (κ1) is 10.7. The molecule has 0 bridgehead atoms. The summed E-state index contributed by atoms with van der Waals surface area (Å²) < 4.78 is 0. The molecule has 1 aromatic carbocycles. The van der Waals surface area contributed by atoms with Crippen molar-refractivity contribution in [1.82, 2.24) is 4.90 Å². The Morgan fingerprint density at radius 1 is 1.33 bits per heavy atom. The molecule has 2 heteroatoms. The molecule has 0 aliphatic carbocycles. The Labute approximate surface area is 92.1 Å². The van der Waals surface area contributed by atoms with Crippen LogP contribution in [0, 0.1) is 0 Å². The molecule has 0 saturated carbocycles. The molecule has 1 aromatic rings. The molecule has 0 aromatic heterocycles. The van der Waals surface area contributed by atoms with Crippen LogP contribution in [0.1, 0.15) is 37.9 Å². The summed E-state index contributed by atoms with van der Waals surface area (Å²) in [6, 6.07) is 9.02. The Kier molecular flexibility index (Phi) is 2.57. The molecule has 2 nitrogen and oxygen atoms in total. The van der Waals surface area contributed by atoms with E-state index in [1.54, 1.807) is 0 Å². The van der Waals surface area contributed by atoms with Gasteiger partial charge >= 0.3 is 0 Å². The van der Waals surface area contributed by atoms with E-state index in [1.807, 2.05) is 0 Å². The predicted molar refractivity (Wildman–Crippen MR) is 63.5 cm³/mol. The number of benzene rings is 1. The van der Waals surface area contributed by atoms with Gasteiger partial charge in [0.2, 0.25) is 0 Å². The smallest absolute Gasteiger partial charge is 0.0482 e. The van der Waals surface area contributed by atoms with Crippen LogP contribution in [-0.2, 0) is 6.54 Å². The van der Waals surface area contributed by atoms with Crippen LogP contribution in [0.4, 0.5) is 0 Å². The number of nitrogens with two attached hydrogens (primary N) is 1. The summed E-state index contributed by atoms with van der Waals surface area (Å²) >= 11 is 0. The third-order valence-electron chi connectivity index (χ3n) is 3.22. The van der Waals surface area contributed by atoms with Crippen molar-refractivity contribution < 1.29 is 0 Å². The van der Waals surface area contributed by atoms with Crippen molar-refractivity contribution in [1.29, 1.82) is 0 Å². The van der Waals surface area contributed by atoms with E-state index in [4.69, 9.17) is 5.73 Å². The van der Waals surface area contributed by atoms with Crippen LogP contribution in [0.15, 0.2) is 24.3 Å². The summed E-state index contributed by atoms with van der Waals surface area (Å²) in [4.78, 5) is 2.48. The van der Waals surface area contributed by atoms with Crippen molar-refractivity contribution in [2.24, 2.45) is 5.73 Å². The maximum absolute atomic E-state index is 5.89. The van der Waals surface area contributed by atoms with Crippen molar-refractivity contribution in [2.75, 3.05) is 6.54 Å². The van der Waals surface area contributed by atoms with Crippen molar-refractivity contribution in [3.63, 3.8) is 0 Å². The van der Waals surface area contributed by atoms with E-state index in [2.05, 4.69) is 49.9 Å². The van der Waals surface area contributed by atoms with Crippen LogP contribution in [0.25, 0.3) is 0 Å². The molecule has 2 N–H and O–H groups in total. The highest BCUT2D eigenvalue weighted by molar-refractivity contribution is 5.34. The van der Waals surface area contributed by atoms with E-state index < -0.39 is 0 Å². The van der Waals surface area contributed by atoms with Gasteiger partial charge in [0.1, 0.15) is 0 Å². The van der Waals surface area contributed by atoms with Crippen molar-refractivity contribution in [3.8, 4) is 0 Å². The lowest BCUT2D eigenvalue weighted by Gasteiger charge is -2.36. The zero-order chi connectivity index (χ0) is 11.1. The Morgan fingerprint density at radius 3 is 2.60 bits per heavy atom. The van der Waals surface area contributed by atoms with Gasteiger partial charge in [-0.15, -0.1) is 0 Å². The molecule has 0 radical (unpaired) electrons. The average Bonchev–Trinajstić information content (AvgIpc) is 2.55. The molecular formula is C13H20N2. The number of fused-ring (bicyclic) bond motifs is 1. The predicted octanol–water partition coefficient (Wildman–Crippen LogP) is 2.30. The van der Waals surface area contributed by atoms with Gasteiger partial charge in [0.25, 0.3) is 0 Å². The summed E-state index contributed by atoms with van der Waals surface area (Å²) in [5, 5.41) is 0. The second kappa shape index (κ2) is 3.62. The fourth-order valence-corrected chi connectivity index (χ4v) is 2.42. The van der Waals surface area contributed by atoms with Crippen LogP contribution in [0.2, 0.25) is 0 Å². The third kappa shape index (κ3) is 1.80. The minimum absolute atomic E-state index is 0.184. The Bertz CT molecular complexity index is 352. The number of hydrogen-bond acceptors (Lipinski definition) is 2. The molecule has 15 heavy (non-hydrogen) atoms. The first-order valence-electron chi connectivity index (χ1n) is 5.58. The maximum atomic E-state index is 5.89. The first-order valence-corrected chi connectivity index (χ1v) is 5.58. The monoisotopic (exact) mass is 204 g/mol. The van der Waals surface area contributed by atoms with Crippen LogP contribution in [0.3, 0.4) is 0 Å². The molecule has 1 atom stereocenters. The Hall–Kier alpha value is -0.860. The van der Waals surface area contributed by atoms with Gasteiger partial charge in [-0.05, 0) is 31.9 Å². The van der Waals surface area contributed by atoms with E-state index in [0.29, 0.717) is 12.6 Å². The molecule has 2 rings (SSSR count). The molecule has 1 heterocycles. The normalized spacial score (nSPS) is 21.7. The molecule has 1 unspecified atom stereocenters. The molecule has 1 aliphatic rings. The van der Waals surface area contributed by atoms with Gasteiger partial charge in [0.15, 0.2) is 0 Å². The maximum Gasteiger partial charge on any atom is 0.0482 e. The van der Waals surface area contributed by atoms with Crippen molar-refractivity contribution in [2.45, 2.75) is 38.9 Å². The van der Waals surface area contributed by atoms with Crippen LogP contribution in [-0.4, -0.2) is 17.0 Å². The standard InChI is InChI=1S/C13H20N2/c1-13(2,3)15-9-10-6-4-5-7-11(10)12(15)8-14/h4-7,12H,8-9,14H2,1-3H3. The summed E-state index contributed by atoms with van der Waals surface area (Å²) in [5.41, 5.74) is 8.92. The topological polar surface area (TPSA) is 29.3 Å². The van der Waals surface area contributed by atoms with Crippen molar-refractivity contribution >= 4 is 0 Å². The van der Waals surface area contributed by atoms with E-state index in [9.17, 15) is 0 Å².